The number of aromatic nitrogens is 2. The third-order valence-electron chi connectivity index (χ3n) is 2.74. The van der Waals surface area contributed by atoms with Crippen LogP contribution in [0.15, 0.2) is 24.5 Å². The highest BCUT2D eigenvalue weighted by Gasteiger charge is 2.25. The van der Waals surface area contributed by atoms with Gasteiger partial charge in [-0.25, -0.2) is 4.98 Å². The minimum absolute atomic E-state index is 0.0146. The molecule has 0 saturated carbocycles. The van der Waals surface area contributed by atoms with E-state index in [1.165, 1.54) is 6.33 Å². The molecule has 0 aliphatic heterocycles. The molecule has 2 aromatic rings. The molecular weight excluding hydrogens is 308 g/mol. The summed E-state index contributed by atoms with van der Waals surface area (Å²) >= 11 is 5.95. The van der Waals surface area contributed by atoms with Gasteiger partial charge in [0.05, 0.1) is 4.92 Å². The van der Waals surface area contributed by atoms with E-state index in [4.69, 9.17) is 16.3 Å². The van der Waals surface area contributed by atoms with Gasteiger partial charge in [-0.15, -0.1) is 0 Å². The van der Waals surface area contributed by atoms with Gasteiger partial charge in [-0.2, -0.15) is 4.98 Å². The summed E-state index contributed by atoms with van der Waals surface area (Å²) in [7, 11) is 0. The van der Waals surface area contributed by atoms with Gasteiger partial charge in [-0.05, 0) is 44.5 Å². The zero-order chi connectivity index (χ0) is 16.3. The molecule has 1 heterocycles. The van der Waals surface area contributed by atoms with Gasteiger partial charge < -0.3 is 10.1 Å². The summed E-state index contributed by atoms with van der Waals surface area (Å²) in [6.45, 7) is 5.53. The summed E-state index contributed by atoms with van der Waals surface area (Å²) in [5.41, 5.74) is 0.500. The molecule has 0 spiro atoms. The molecule has 116 valence electrons. The molecule has 0 saturated heterocycles. The van der Waals surface area contributed by atoms with E-state index in [1.54, 1.807) is 18.2 Å². The molecule has 0 fully saturated rings. The number of anilines is 1. The summed E-state index contributed by atoms with van der Waals surface area (Å²) < 4.78 is 5.54. The van der Waals surface area contributed by atoms with Gasteiger partial charge in [-0.3, -0.25) is 10.1 Å². The Morgan fingerprint density at radius 1 is 1.36 bits per heavy atom. The minimum atomic E-state index is -0.567. The van der Waals surface area contributed by atoms with Crippen LogP contribution in [0.2, 0.25) is 5.02 Å². The molecule has 0 amide bonds. The number of aryl methyl sites for hydroxylation is 1. The molecule has 1 N–H and O–H groups in total. The Morgan fingerprint density at radius 2 is 2.09 bits per heavy atom. The van der Waals surface area contributed by atoms with Crippen molar-refractivity contribution < 1.29 is 9.66 Å². The summed E-state index contributed by atoms with van der Waals surface area (Å²) in [5.74, 6) is 0.416. The van der Waals surface area contributed by atoms with Crippen LogP contribution in [-0.2, 0) is 0 Å². The number of halogens is 1. The van der Waals surface area contributed by atoms with E-state index in [0.29, 0.717) is 10.8 Å². The Morgan fingerprint density at radius 3 is 2.68 bits per heavy atom. The molecule has 0 unspecified atom stereocenters. The van der Waals surface area contributed by atoms with Crippen molar-refractivity contribution >= 4 is 23.1 Å². The van der Waals surface area contributed by atoms with Crippen molar-refractivity contribution in [1.29, 1.82) is 0 Å². The van der Waals surface area contributed by atoms with Gasteiger partial charge in [0.15, 0.2) is 0 Å². The van der Waals surface area contributed by atoms with Crippen molar-refractivity contribution in [3.8, 4) is 11.6 Å². The molecular formula is C14H15ClN4O3. The maximum Gasteiger partial charge on any atom is 0.373 e. The maximum atomic E-state index is 11.3. The number of rotatable bonds is 5. The first kappa shape index (κ1) is 16.0. The van der Waals surface area contributed by atoms with E-state index in [0.717, 1.165) is 5.56 Å². The van der Waals surface area contributed by atoms with Crippen LogP contribution in [0.25, 0.3) is 0 Å². The highest BCUT2D eigenvalue weighted by molar-refractivity contribution is 6.31. The molecule has 1 aromatic heterocycles. The third-order valence-corrected chi connectivity index (χ3v) is 3.16. The topological polar surface area (TPSA) is 90.2 Å². The number of benzene rings is 1. The first-order valence-electron chi connectivity index (χ1n) is 6.58. The number of nitrogens with one attached hydrogen (secondary N) is 1. The summed E-state index contributed by atoms with van der Waals surface area (Å²) in [4.78, 5) is 18.5. The van der Waals surface area contributed by atoms with E-state index in [9.17, 15) is 10.1 Å². The van der Waals surface area contributed by atoms with Crippen LogP contribution >= 0.6 is 11.6 Å². The van der Waals surface area contributed by atoms with Crippen molar-refractivity contribution in [3.63, 3.8) is 0 Å². The average molecular weight is 323 g/mol. The Kier molecular flexibility index (Phi) is 4.77. The summed E-state index contributed by atoms with van der Waals surface area (Å²) in [6, 6.07) is 4.95. The maximum absolute atomic E-state index is 11.3. The second-order valence-corrected chi connectivity index (χ2v) is 5.35. The lowest BCUT2D eigenvalue weighted by Crippen LogP contribution is -2.13. The van der Waals surface area contributed by atoms with Gasteiger partial charge in [0.25, 0.3) is 0 Å². The fraction of sp³-hybridized carbons (Fsp3) is 0.286. The third kappa shape index (κ3) is 3.62. The zero-order valence-corrected chi connectivity index (χ0v) is 13.1. The van der Waals surface area contributed by atoms with Crippen LogP contribution in [0.1, 0.15) is 19.4 Å². The zero-order valence-electron chi connectivity index (χ0n) is 12.3. The molecule has 22 heavy (non-hydrogen) atoms. The predicted molar refractivity (Wildman–Crippen MR) is 83.7 cm³/mol. The number of hydrogen-bond donors (Lipinski definition) is 1. The monoisotopic (exact) mass is 322 g/mol. The normalized spacial score (nSPS) is 10.6. The minimum Gasteiger partial charge on any atom is -0.434 e. The molecule has 0 bridgehead atoms. The lowest BCUT2D eigenvalue weighted by atomic mass is 10.2. The Hall–Kier alpha value is -2.41. The van der Waals surface area contributed by atoms with Gasteiger partial charge in [0, 0.05) is 11.1 Å². The molecule has 7 nitrogen and oxygen atoms in total. The van der Waals surface area contributed by atoms with E-state index >= 15 is 0 Å². The summed E-state index contributed by atoms with van der Waals surface area (Å²) in [5, 5.41) is 14.8. The smallest absolute Gasteiger partial charge is 0.373 e. The van der Waals surface area contributed by atoms with Crippen molar-refractivity contribution in [2.24, 2.45) is 0 Å². The van der Waals surface area contributed by atoms with Crippen LogP contribution < -0.4 is 10.1 Å². The lowest BCUT2D eigenvalue weighted by molar-refractivity contribution is -0.385. The van der Waals surface area contributed by atoms with E-state index in [-0.39, 0.29) is 23.4 Å². The Balaban J connectivity index is 2.41. The molecule has 8 heteroatoms. The van der Waals surface area contributed by atoms with E-state index < -0.39 is 4.92 Å². The molecule has 0 aliphatic carbocycles. The van der Waals surface area contributed by atoms with Gasteiger partial charge >= 0.3 is 11.6 Å². The van der Waals surface area contributed by atoms with Crippen molar-refractivity contribution in [2.45, 2.75) is 26.8 Å². The molecule has 0 radical (unpaired) electrons. The molecule has 2 rings (SSSR count). The fourth-order valence-electron chi connectivity index (χ4n) is 1.77. The van der Waals surface area contributed by atoms with E-state index in [1.807, 2.05) is 20.8 Å². The summed E-state index contributed by atoms with van der Waals surface area (Å²) in [6.07, 6.45) is 1.22. The second kappa shape index (κ2) is 6.57. The highest BCUT2D eigenvalue weighted by Crippen LogP contribution is 2.35. The predicted octanol–water partition coefficient (Wildman–Crippen LogP) is 3.96. The largest absolute Gasteiger partial charge is 0.434 e. The number of ether oxygens (including phenoxy) is 1. The standard InChI is InChI=1S/C14H15ClN4O3/c1-8(2)18-13-12(19(20)21)14(17-7-16-13)22-10-4-5-11(15)9(3)6-10/h4-8H,1-3H3,(H,16,17,18). The first-order chi connectivity index (χ1) is 10.4. The quantitative estimate of drug-likeness (QED) is 0.662. The number of nitro groups is 1. The van der Waals surface area contributed by atoms with Crippen LogP contribution in [-0.4, -0.2) is 20.9 Å². The fourth-order valence-corrected chi connectivity index (χ4v) is 1.89. The van der Waals surface area contributed by atoms with Crippen LogP contribution in [0.3, 0.4) is 0 Å². The number of hydrogen-bond acceptors (Lipinski definition) is 6. The lowest BCUT2D eigenvalue weighted by Gasteiger charge is -2.11. The van der Waals surface area contributed by atoms with Crippen molar-refractivity contribution in [3.05, 3.63) is 45.2 Å². The van der Waals surface area contributed by atoms with E-state index in [2.05, 4.69) is 15.3 Å². The number of nitrogens with zero attached hydrogens (tertiary/aromatic N) is 3. The Bertz CT molecular complexity index is 706. The first-order valence-corrected chi connectivity index (χ1v) is 6.96. The van der Waals surface area contributed by atoms with Crippen LogP contribution in [0, 0.1) is 17.0 Å². The van der Waals surface area contributed by atoms with Gasteiger partial charge in [0.1, 0.15) is 12.1 Å². The SMILES string of the molecule is Cc1cc(Oc2ncnc(NC(C)C)c2[N+](=O)[O-])ccc1Cl. The Labute approximate surface area is 132 Å². The molecule has 0 atom stereocenters. The van der Waals surface area contributed by atoms with Crippen molar-refractivity contribution in [2.75, 3.05) is 5.32 Å². The second-order valence-electron chi connectivity index (χ2n) is 4.95. The van der Waals surface area contributed by atoms with Crippen LogP contribution in [0.5, 0.6) is 11.6 Å². The van der Waals surface area contributed by atoms with Crippen LogP contribution in [0.4, 0.5) is 11.5 Å². The highest BCUT2D eigenvalue weighted by atomic mass is 35.5. The average Bonchev–Trinajstić information content (AvgIpc) is 2.42. The molecule has 1 aromatic carbocycles. The van der Waals surface area contributed by atoms with Gasteiger partial charge in [-0.1, -0.05) is 11.6 Å². The van der Waals surface area contributed by atoms with Crippen molar-refractivity contribution in [1.82, 2.24) is 9.97 Å². The van der Waals surface area contributed by atoms with Gasteiger partial charge in [0.2, 0.25) is 5.82 Å². The molecule has 0 aliphatic rings.